The highest BCUT2D eigenvalue weighted by atomic mass is 32.1. The quantitative estimate of drug-likeness (QED) is 0.301. The van der Waals surface area contributed by atoms with Crippen molar-refractivity contribution in [3.63, 3.8) is 0 Å². The second-order valence-corrected chi connectivity index (χ2v) is 9.75. The molecule has 4 nitrogen and oxygen atoms in total. The third-order valence-electron chi connectivity index (χ3n) is 6.12. The topological polar surface area (TPSA) is 54.9 Å². The van der Waals surface area contributed by atoms with Crippen molar-refractivity contribution in [2.75, 3.05) is 5.32 Å². The molecule has 5 heteroatoms. The zero-order valence-electron chi connectivity index (χ0n) is 18.5. The Bertz CT molecular complexity index is 1370. The number of benzene rings is 3. The lowest BCUT2D eigenvalue weighted by molar-refractivity contribution is -0.125. The van der Waals surface area contributed by atoms with Crippen molar-refractivity contribution in [1.29, 1.82) is 0 Å². The molecule has 0 aliphatic heterocycles. The molecule has 0 aliphatic carbocycles. The maximum atomic E-state index is 13.8. The molecule has 0 radical (unpaired) electrons. The molecule has 1 N–H and O–H groups in total. The van der Waals surface area contributed by atoms with Crippen LogP contribution in [0.25, 0.3) is 21.1 Å². The number of rotatable bonds is 7. The summed E-state index contributed by atoms with van der Waals surface area (Å²) < 4.78 is 1.15. The number of anilines is 1. The molecule has 0 saturated heterocycles. The van der Waals surface area contributed by atoms with Crippen molar-refractivity contribution < 1.29 is 4.79 Å². The van der Waals surface area contributed by atoms with Gasteiger partial charge in [-0.05, 0) is 42.7 Å². The molecule has 0 bridgehead atoms. The van der Waals surface area contributed by atoms with Crippen LogP contribution in [0.4, 0.5) is 5.69 Å². The first-order chi connectivity index (χ1) is 16.1. The minimum Gasteiger partial charge on any atom is -0.324 e. The number of carbonyl (C=O) groups excluding carboxylic acids is 1. The van der Waals surface area contributed by atoms with Gasteiger partial charge in [0.25, 0.3) is 0 Å². The number of fused-ring (bicyclic) bond motifs is 2. The van der Waals surface area contributed by atoms with Crippen molar-refractivity contribution in [2.24, 2.45) is 5.41 Å². The van der Waals surface area contributed by atoms with Crippen LogP contribution in [0.1, 0.15) is 23.9 Å². The van der Waals surface area contributed by atoms with Crippen molar-refractivity contribution in [3.8, 4) is 0 Å². The highest BCUT2D eigenvalue weighted by Gasteiger charge is 2.35. The van der Waals surface area contributed by atoms with Crippen LogP contribution in [0.5, 0.6) is 0 Å². The van der Waals surface area contributed by atoms with Gasteiger partial charge < -0.3 is 5.32 Å². The fraction of sp³-hybridized carbons (Fsp3) is 0.179. The van der Waals surface area contributed by atoms with E-state index < -0.39 is 5.41 Å². The molecule has 0 aliphatic rings. The summed E-state index contributed by atoms with van der Waals surface area (Å²) in [6.45, 7) is 2.05. The number of nitrogens with zero attached hydrogens (tertiary/aromatic N) is 2. The monoisotopic (exact) mass is 451 g/mol. The summed E-state index contributed by atoms with van der Waals surface area (Å²) >= 11 is 1.67. The van der Waals surface area contributed by atoms with Gasteiger partial charge in [0.15, 0.2) is 0 Å². The fourth-order valence-corrected chi connectivity index (χ4v) is 5.31. The normalized spacial score (nSPS) is 13.1. The zero-order chi connectivity index (χ0) is 22.7. The third kappa shape index (κ3) is 4.64. The summed E-state index contributed by atoms with van der Waals surface area (Å²) in [6.07, 6.45) is 3.89. The maximum absolute atomic E-state index is 13.8. The number of pyridine rings is 1. The van der Waals surface area contributed by atoms with Gasteiger partial charge in [-0.1, -0.05) is 67.6 Å². The molecule has 1 amide bonds. The van der Waals surface area contributed by atoms with Gasteiger partial charge in [0.1, 0.15) is 0 Å². The van der Waals surface area contributed by atoms with E-state index in [-0.39, 0.29) is 5.91 Å². The molecule has 1 atom stereocenters. The van der Waals surface area contributed by atoms with Gasteiger partial charge in [0.05, 0.1) is 31.8 Å². The van der Waals surface area contributed by atoms with Crippen LogP contribution in [0, 0.1) is 5.41 Å². The molecule has 5 aromatic rings. The SMILES string of the molecule is CC(CCc1ccccc1)(Cc1nc2ccccc2s1)C(=O)Nc1cccc2cccnc12. The average molecular weight is 452 g/mol. The summed E-state index contributed by atoms with van der Waals surface area (Å²) in [6, 6.07) is 28.3. The molecule has 33 heavy (non-hydrogen) atoms. The van der Waals surface area contributed by atoms with Crippen LogP contribution in [0.2, 0.25) is 0 Å². The molecular weight excluding hydrogens is 426 g/mol. The van der Waals surface area contributed by atoms with E-state index in [1.54, 1.807) is 17.5 Å². The van der Waals surface area contributed by atoms with Gasteiger partial charge in [0, 0.05) is 18.0 Å². The van der Waals surface area contributed by atoms with Gasteiger partial charge >= 0.3 is 0 Å². The van der Waals surface area contributed by atoms with Gasteiger partial charge in [-0.15, -0.1) is 11.3 Å². The number of aromatic nitrogens is 2. The van der Waals surface area contributed by atoms with E-state index in [4.69, 9.17) is 4.98 Å². The molecule has 5 rings (SSSR count). The lowest BCUT2D eigenvalue weighted by Gasteiger charge is -2.28. The van der Waals surface area contributed by atoms with E-state index in [1.165, 1.54) is 5.56 Å². The lowest BCUT2D eigenvalue weighted by Crippen LogP contribution is -2.36. The number of hydrogen-bond donors (Lipinski definition) is 1. The van der Waals surface area contributed by atoms with E-state index in [0.29, 0.717) is 6.42 Å². The third-order valence-corrected chi connectivity index (χ3v) is 7.15. The Balaban J connectivity index is 1.45. The Morgan fingerprint density at radius 1 is 0.939 bits per heavy atom. The largest absolute Gasteiger partial charge is 0.324 e. The molecule has 164 valence electrons. The van der Waals surface area contributed by atoms with Gasteiger partial charge in [-0.2, -0.15) is 0 Å². The average Bonchev–Trinajstić information content (AvgIpc) is 3.26. The minimum atomic E-state index is -0.624. The summed E-state index contributed by atoms with van der Waals surface area (Å²) in [5.41, 5.74) is 3.14. The van der Waals surface area contributed by atoms with Crippen LogP contribution in [-0.2, 0) is 17.6 Å². The molecule has 3 aromatic carbocycles. The molecule has 1 unspecified atom stereocenters. The predicted octanol–water partition coefficient (Wildman–Crippen LogP) is 6.66. The van der Waals surface area contributed by atoms with Crippen LogP contribution in [0.15, 0.2) is 91.1 Å². The first kappa shape index (κ1) is 21.3. The highest BCUT2D eigenvalue weighted by molar-refractivity contribution is 7.18. The lowest BCUT2D eigenvalue weighted by atomic mass is 9.80. The van der Waals surface area contributed by atoms with E-state index >= 15 is 0 Å². The fourth-order valence-electron chi connectivity index (χ4n) is 4.15. The van der Waals surface area contributed by atoms with Crippen LogP contribution in [0.3, 0.4) is 0 Å². The molecule has 2 heterocycles. The van der Waals surface area contributed by atoms with Crippen molar-refractivity contribution >= 4 is 44.1 Å². The maximum Gasteiger partial charge on any atom is 0.230 e. The summed E-state index contributed by atoms with van der Waals surface area (Å²) in [4.78, 5) is 23.1. The summed E-state index contributed by atoms with van der Waals surface area (Å²) in [5, 5.41) is 5.18. The Kier molecular flexibility index (Phi) is 5.88. The molecule has 0 saturated carbocycles. The van der Waals surface area contributed by atoms with E-state index in [9.17, 15) is 4.79 Å². The zero-order valence-corrected chi connectivity index (χ0v) is 19.3. The van der Waals surface area contributed by atoms with Gasteiger partial charge in [0.2, 0.25) is 5.91 Å². The van der Waals surface area contributed by atoms with Crippen LogP contribution in [-0.4, -0.2) is 15.9 Å². The number of aryl methyl sites for hydroxylation is 1. The highest BCUT2D eigenvalue weighted by Crippen LogP contribution is 2.34. The number of carbonyl (C=O) groups is 1. The van der Waals surface area contributed by atoms with E-state index in [0.717, 1.165) is 44.7 Å². The first-order valence-electron chi connectivity index (χ1n) is 11.1. The van der Waals surface area contributed by atoms with E-state index in [1.807, 2.05) is 66.7 Å². The predicted molar refractivity (Wildman–Crippen MR) is 137 cm³/mol. The molecule has 0 spiro atoms. The number of hydrogen-bond acceptors (Lipinski definition) is 4. The Hall–Kier alpha value is -3.57. The van der Waals surface area contributed by atoms with Gasteiger partial charge in [-0.25, -0.2) is 4.98 Å². The number of para-hydroxylation sites is 2. The standard InChI is InChI=1S/C28H25N3OS/c1-28(17-16-20-9-3-2-4-10-20,19-25-30-22-13-5-6-15-24(22)33-25)27(32)31-23-14-7-11-21-12-8-18-29-26(21)23/h2-15,18H,16-17,19H2,1H3,(H,31,32). The Morgan fingerprint density at radius 3 is 2.58 bits per heavy atom. The first-order valence-corrected chi connectivity index (χ1v) is 12.0. The Morgan fingerprint density at radius 2 is 1.73 bits per heavy atom. The molecule has 2 aromatic heterocycles. The number of thiazole rings is 1. The van der Waals surface area contributed by atoms with Crippen molar-refractivity contribution in [1.82, 2.24) is 9.97 Å². The summed E-state index contributed by atoms with van der Waals surface area (Å²) in [7, 11) is 0. The van der Waals surface area contributed by atoms with Crippen LogP contribution >= 0.6 is 11.3 Å². The van der Waals surface area contributed by atoms with Crippen LogP contribution < -0.4 is 5.32 Å². The number of nitrogens with one attached hydrogen (secondary N) is 1. The van der Waals surface area contributed by atoms with E-state index in [2.05, 4.69) is 35.4 Å². The number of amides is 1. The summed E-state index contributed by atoms with van der Waals surface area (Å²) in [5.74, 6) is -0.00385. The minimum absolute atomic E-state index is 0.00385. The Labute approximate surface area is 197 Å². The molecular formula is C28H25N3OS. The second-order valence-electron chi connectivity index (χ2n) is 8.63. The van der Waals surface area contributed by atoms with Gasteiger partial charge in [-0.3, -0.25) is 9.78 Å². The smallest absolute Gasteiger partial charge is 0.230 e. The molecule has 0 fully saturated rings. The second kappa shape index (κ2) is 9.12. The van der Waals surface area contributed by atoms with Crippen molar-refractivity contribution in [2.45, 2.75) is 26.2 Å². The van der Waals surface area contributed by atoms with Crippen molar-refractivity contribution in [3.05, 3.63) is 102 Å².